The van der Waals surface area contributed by atoms with Gasteiger partial charge in [0.25, 0.3) is 0 Å². The zero-order valence-electron chi connectivity index (χ0n) is 16.1. The number of rotatable bonds is 7. The Hall–Kier alpha value is -2.44. The van der Waals surface area contributed by atoms with Crippen LogP contribution in [-0.4, -0.2) is 73.7 Å². The Kier molecular flexibility index (Phi) is 7.01. The molecule has 0 atom stereocenters. The van der Waals surface area contributed by atoms with E-state index in [0.29, 0.717) is 24.7 Å². The van der Waals surface area contributed by atoms with Gasteiger partial charge in [0.1, 0.15) is 18.1 Å². The average Bonchev–Trinajstić information content (AvgIpc) is 2.70. The van der Waals surface area contributed by atoms with Crippen LogP contribution in [0.1, 0.15) is 0 Å². The van der Waals surface area contributed by atoms with Gasteiger partial charge >= 0.3 is 0 Å². The monoisotopic (exact) mass is 403 g/mol. The lowest BCUT2D eigenvalue weighted by molar-refractivity contribution is -0.131. The smallest absolute Gasteiger partial charge is 0.236 e. The summed E-state index contributed by atoms with van der Waals surface area (Å²) in [5.74, 6) is 1.12. The molecule has 7 heteroatoms. The molecule has 2 aromatic rings. The third kappa shape index (κ3) is 5.78. The molecule has 0 spiro atoms. The summed E-state index contributed by atoms with van der Waals surface area (Å²) in [5.41, 5.74) is 1.10. The molecule has 1 N–H and O–H groups in total. The SMILES string of the molecule is CN(CCOc1ccc(Cl)cc1)C(=O)CN1CCN(c2ccc(O)cc2)CC1. The number of phenolic OH excluding ortho intramolecular Hbond substituents is 1. The van der Waals surface area contributed by atoms with Gasteiger partial charge in [-0.25, -0.2) is 0 Å². The summed E-state index contributed by atoms with van der Waals surface area (Å²) in [6.45, 7) is 4.79. The molecule has 3 rings (SSSR count). The average molecular weight is 404 g/mol. The van der Waals surface area contributed by atoms with Crippen molar-refractivity contribution in [3.05, 3.63) is 53.6 Å². The molecule has 2 aromatic carbocycles. The fourth-order valence-corrected chi connectivity index (χ4v) is 3.22. The van der Waals surface area contributed by atoms with Crippen LogP contribution in [0.2, 0.25) is 5.02 Å². The Morgan fingerprint density at radius 3 is 2.36 bits per heavy atom. The van der Waals surface area contributed by atoms with Crippen LogP contribution in [0.5, 0.6) is 11.5 Å². The van der Waals surface area contributed by atoms with Gasteiger partial charge in [0.15, 0.2) is 0 Å². The Bertz CT molecular complexity index is 759. The zero-order valence-corrected chi connectivity index (χ0v) is 16.8. The Balaban J connectivity index is 1.37. The van der Waals surface area contributed by atoms with Gasteiger partial charge < -0.3 is 19.6 Å². The van der Waals surface area contributed by atoms with Gasteiger partial charge in [-0.2, -0.15) is 0 Å². The predicted molar refractivity (Wildman–Crippen MR) is 111 cm³/mol. The van der Waals surface area contributed by atoms with E-state index in [-0.39, 0.29) is 11.7 Å². The molecular formula is C21H26ClN3O3. The topological polar surface area (TPSA) is 56.2 Å². The van der Waals surface area contributed by atoms with E-state index in [4.69, 9.17) is 16.3 Å². The second-order valence-electron chi connectivity index (χ2n) is 6.90. The van der Waals surface area contributed by atoms with Gasteiger partial charge in [0.05, 0.1) is 13.1 Å². The molecule has 28 heavy (non-hydrogen) atoms. The molecule has 1 saturated heterocycles. The van der Waals surface area contributed by atoms with Crippen LogP contribution in [0.4, 0.5) is 5.69 Å². The standard InChI is InChI=1S/C21H26ClN3O3/c1-23(14-15-28-20-8-2-17(22)3-9-20)21(27)16-24-10-12-25(13-11-24)18-4-6-19(26)7-5-18/h2-9,26H,10-16H2,1H3. The number of benzene rings is 2. The van der Waals surface area contributed by atoms with Crippen molar-refractivity contribution in [2.45, 2.75) is 0 Å². The normalized spacial score (nSPS) is 14.7. The molecule has 0 bridgehead atoms. The highest BCUT2D eigenvalue weighted by Crippen LogP contribution is 2.20. The van der Waals surface area contributed by atoms with E-state index >= 15 is 0 Å². The number of piperazine rings is 1. The van der Waals surface area contributed by atoms with Crippen LogP contribution >= 0.6 is 11.6 Å². The summed E-state index contributed by atoms with van der Waals surface area (Å²) in [6, 6.07) is 14.4. The van der Waals surface area contributed by atoms with E-state index in [1.54, 1.807) is 36.2 Å². The second kappa shape index (κ2) is 9.66. The highest BCUT2D eigenvalue weighted by atomic mass is 35.5. The van der Waals surface area contributed by atoms with Gasteiger partial charge in [-0.3, -0.25) is 9.69 Å². The largest absolute Gasteiger partial charge is 0.508 e. The number of nitrogens with zero attached hydrogens (tertiary/aromatic N) is 3. The van der Waals surface area contributed by atoms with Gasteiger partial charge in [0, 0.05) is 43.9 Å². The molecule has 1 heterocycles. The minimum Gasteiger partial charge on any atom is -0.508 e. The first-order valence-electron chi connectivity index (χ1n) is 9.40. The number of halogens is 1. The van der Waals surface area contributed by atoms with E-state index in [1.165, 1.54) is 0 Å². The number of carbonyl (C=O) groups excluding carboxylic acids is 1. The third-order valence-corrected chi connectivity index (χ3v) is 5.13. The lowest BCUT2D eigenvalue weighted by atomic mass is 10.2. The molecule has 1 aliphatic rings. The van der Waals surface area contributed by atoms with Gasteiger partial charge in [0.2, 0.25) is 5.91 Å². The van der Waals surface area contributed by atoms with Crippen LogP contribution in [0, 0.1) is 0 Å². The molecule has 150 valence electrons. The summed E-state index contributed by atoms with van der Waals surface area (Å²) >= 11 is 5.85. The van der Waals surface area contributed by atoms with E-state index < -0.39 is 0 Å². The van der Waals surface area contributed by atoms with Crippen molar-refractivity contribution in [1.82, 2.24) is 9.80 Å². The summed E-state index contributed by atoms with van der Waals surface area (Å²) in [5, 5.41) is 10.1. The second-order valence-corrected chi connectivity index (χ2v) is 7.33. The first-order chi connectivity index (χ1) is 13.5. The number of hydrogen-bond donors (Lipinski definition) is 1. The summed E-state index contributed by atoms with van der Waals surface area (Å²) in [4.78, 5) is 18.6. The van der Waals surface area contributed by atoms with Crippen LogP contribution in [0.25, 0.3) is 0 Å². The third-order valence-electron chi connectivity index (χ3n) is 4.88. The van der Waals surface area contributed by atoms with Crippen molar-refractivity contribution in [3.63, 3.8) is 0 Å². The van der Waals surface area contributed by atoms with Crippen LogP contribution in [0.15, 0.2) is 48.5 Å². The number of carbonyl (C=O) groups is 1. The number of ether oxygens (including phenoxy) is 1. The van der Waals surface area contributed by atoms with Crippen molar-refractivity contribution in [2.24, 2.45) is 0 Å². The zero-order chi connectivity index (χ0) is 19.9. The maximum atomic E-state index is 12.5. The van der Waals surface area contributed by atoms with E-state index in [0.717, 1.165) is 37.6 Å². The van der Waals surface area contributed by atoms with E-state index in [1.807, 2.05) is 24.3 Å². The number of amides is 1. The number of likely N-dealkylation sites (N-methyl/N-ethyl adjacent to an activating group) is 1. The minimum absolute atomic E-state index is 0.0952. The molecule has 0 aromatic heterocycles. The fraction of sp³-hybridized carbons (Fsp3) is 0.381. The summed E-state index contributed by atoms with van der Waals surface area (Å²) < 4.78 is 5.65. The minimum atomic E-state index is 0.0952. The highest BCUT2D eigenvalue weighted by molar-refractivity contribution is 6.30. The molecule has 0 radical (unpaired) electrons. The van der Waals surface area contributed by atoms with Gasteiger partial charge in [-0.05, 0) is 48.5 Å². The van der Waals surface area contributed by atoms with Crippen LogP contribution < -0.4 is 9.64 Å². The van der Waals surface area contributed by atoms with Crippen molar-refractivity contribution in [2.75, 3.05) is 57.8 Å². The Morgan fingerprint density at radius 1 is 1.07 bits per heavy atom. The maximum Gasteiger partial charge on any atom is 0.236 e. The van der Waals surface area contributed by atoms with Crippen LogP contribution in [0.3, 0.4) is 0 Å². The summed E-state index contributed by atoms with van der Waals surface area (Å²) in [6.07, 6.45) is 0. The van der Waals surface area contributed by atoms with E-state index in [9.17, 15) is 9.90 Å². The number of aromatic hydroxyl groups is 1. The van der Waals surface area contributed by atoms with Crippen molar-refractivity contribution in [3.8, 4) is 11.5 Å². The Morgan fingerprint density at radius 2 is 1.71 bits per heavy atom. The van der Waals surface area contributed by atoms with Gasteiger partial charge in [-0.15, -0.1) is 0 Å². The number of hydrogen-bond acceptors (Lipinski definition) is 5. The summed E-state index contributed by atoms with van der Waals surface area (Å²) in [7, 11) is 1.81. The molecule has 0 saturated carbocycles. The lowest BCUT2D eigenvalue weighted by Crippen LogP contribution is -2.50. The first-order valence-corrected chi connectivity index (χ1v) is 9.78. The molecule has 0 unspecified atom stereocenters. The molecule has 0 aliphatic carbocycles. The maximum absolute atomic E-state index is 12.5. The lowest BCUT2D eigenvalue weighted by Gasteiger charge is -2.36. The number of phenols is 1. The first kappa shape index (κ1) is 20.3. The quantitative estimate of drug-likeness (QED) is 0.770. The molecular weight excluding hydrogens is 378 g/mol. The van der Waals surface area contributed by atoms with Gasteiger partial charge in [-0.1, -0.05) is 11.6 Å². The van der Waals surface area contributed by atoms with Crippen LogP contribution in [-0.2, 0) is 4.79 Å². The molecule has 1 fully saturated rings. The van der Waals surface area contributed by atoms with E-state index in [2.05, 4.69) is 9.80 Å². The van der Waals surface area contributed by atoms with Crippen molar-refractivity contribution < 1.29 is 14.6 Å². The fourth-order valence-electron chi connectivity index (χ4n) is 3.10. The molecule has 6 nitrogen and oxygen atoms in total. The van der Waals surface area contributed by atoms with Crippen molar-refractivity contribution >= 4 is 23.2 Å². The van der Waals surface area contributed by atoms with Crippen molar-refractivity contribution in [1.29, 1.82) is 0 Å². The Labute approximate surface area is 170 Å². The number of anilines is 1. The molecule has 1 amide bonds. The molecule has 1 aliphatic heterocycles. The predicted octanol–water partition coefficient (Wildman–Crippen LogP) is 2.71. The highest BCUT2D eigenvalue weighted by Gasteiger charge is 2.20.